The number of carbonyl (C=O) groups is 3. The Hall–Kier alpha value is -2.45. The zero-order valence-corrected chi connectivity index (χ0v) is 21.8. The lowest BCUT2D eigenvalue weighted by atomic mass is 9.87. The van der Waals surface area contributed by atoms with Crippen LogP contribution in [0.3, 0.4) is 0 Å². The fourth-order valence-electron chi connectivity index (χ4n) is 5.52. The van der Waals surface area contributed by atoms with Crippen molar-refractivity contribution in [2.24, 2.45) is 11.3 Å². The van der Waals surface area contributed by atoms with Crippen molar-refractivity contribution >= 4 is 23.3 Å². The second-order valence-electron chi connectivity index (χ2n) is 11.4. The third-order valence-corrected chi connectivity index (χ3v) is 7.46. The number of carbonyl (C=O) groups excluding carboxylic acids is 3. The largest absolute Gasteiger partial charge is 0.369 e. The number of rotatable bonds is 6. The molecule has 3 saturated heterocycles. The van der Waals surface area contributed by atoms with Crippen molar-refractivity contribution in [2.45, 2.75) is 59.2 Å². The number of anilines is 1. The highest BCUT2D eigenvalue weighted by atomic mass is 16.5. The minimum Gasteiger partial charge on any atom is -0.369 e. The van der Waals surface area contributed by atoms with Crippen molar-refractivity contribution in [1.29, 1.82) is 0 Å². The monoisotopic (exact) mass is 484 g/mol. The maximum Gasteiger partial charge on any atom is 0.251 e. The molecule has 0 aliphatic carbocycles. The van der Waals surface area contributed by atoms with Gasteiger partial charge in [-0.05, 0) is 42.6 Å². The average molecular weight is 485 g/mol. The lowest BCUT2D eigenvalue weighted by Crippen LogP contribution is -2.53. The zero-order chi connectivity index (χ0) is 25.3. The van der Waals surface area contributed by atoms with Gasteiger partial charge < -0.3 is 24.8 Å². The van der Waals surface area contributed by atoms with Crippen LogP contribution in [0, 0.1) is 11.3 Å². The van der Waals surface area contributed by atoms with E-state index < -0.39 is 12.1 Å². The van der Waals surface area contributed by atoms with Crippen LogP contribution in [0.1, 0.15) is 51.4 Å². The number of ether oxygens (including phenoxy) is 1. The van der Waals surface area contributed by atoms with Gasteiger partial charge in [0, 0.05) is 49.9 Å². The Morgan fingerprint density at radius 1 is 1.11 bits per heavy atom. The molecule has 3 fully saturated rings. The number of likely N-dealkylation sites (tertiary alicyclic amines) is 1. The third kappa shape index (κ3) is 5.70. The van der Waals surface area contributed by atoms with Gasteiger partial charge >= 0.3 is 0 Å². The van der Waals surface area contributed by atoms with Crippen molar-refractivity contribution in [1.82, 2.24) is 15.1 Å². The van der Waals surface area contributed by atoms with Gasteiger partial charge in [-0.25, -0.2) is 0 Å². The summed E-state index contributed by atoms with van der Waals surface area (Å²) in [5.74, 6) is -0.429. The summed E-state index contributed by atoms with van der Waals surface area (Å²) in [5, 5.41) is 2.99. The highest BCUT2D eigenvalue weighted by Gasteiger charge is 2.51. The van der Waals surface area contributed by atoms with Gasteiger partial charge in [-0.2, -0.15) is 0 Å². The number of piperazine rings is 1. The molecular weight excluding hydrogens is 444 g/mol. The molecule has 0 saturated carbocycles. The predicted molar refractivity (Wildman–Crippen MR) is 136 cm³/mol. The number of benzene rings is 1. The summed E-state index contributed by atoms with van der Waals surface area (Å²) in [6, 6.07) is 6.39. The first-order valence-electron chi connectivity index (χ1n) is 12.9. The molecule has 1 aromatic carbocycles. The Labute approximate surface area is 209 Å². The van der Waals surface area contributed by atoms with Crippen molar-refractivity contribution in [3.63, 3.8) is 0 Å². The fraction of sp³-hybridized carbons (Fsp3) is 0.667. The molecule has 4 rings (SSSR count). The Morgan fingerprint density at radius 3 is 2.37 bits per heavy atom. The molecule has 0 spiro atoms. The molecule has 1 N–H and O–H groups in total. The number of fused-ring (bicyclic) bond motifs is 1. The minimum absolute atomic E-state index is 0.0519. The molecule has 1 aromatic rings. The summed E-state index contributed by atoms with van der Waals surface area (Å²) in [4.78, 5) is 45.7. The summed E-state index contributed by atoms with van der Waals surface area (Å²) >= 11 is 0. The summed E-state index contributed by atoms with van der Waals surface area (Å²) in [6.45, 7) is 16.0. The number of likely N-dealkylation sites (N-methyl/N-ethyl adjacent to an activating group) is 1. The molecule has 0 aromatic heterocycles. The van der Waals surface area contributed by atoms with Crippen LogP contribution < -0.4 is 10.2 Å². The van der Waals surface area contributed by atoms with E-state index in [4.69, 9.17) is 4.74 Å². The van der Waals surface area contributed by atoms with Crippen LogP contribution in [-0.4, -0.2) is 91.5 Å². The zero-order valence-electron chi connectivity index (χ0n) is 21.8. The molecular formula is C27H40N4O4. The predicted octanol–water partition coefficient (Wildman–Crippen LogP) is 2.18. The summed E-state index contributed by atoms with van der Waals surface area (Å²) in [5.41, 5.74) is 1.45. The number of nitrogens with zero attached hydrogens (tertiary/aromatic N) is 3. The van der Waals surface area contributed by atoms with Crippen LogP contribution >= 0.6 is 0 Å². The first-order chi connectivity index (χ1) is 16.6. The van der Waals surface area contributed by atoms with Crippen LogP contribution in [0.5, 0.6) is 0 Å². The van der Waals surface area contributed by atoms with E-state index >= 15 is 0 Å². The maximum atomic E-state index is 13.6. The second kappa shape index (κ2) is 10.3. The number of hydrogen-bond acceptors (Lipinski definition) is 6. The molecule has 0 bridgehead atoms. The van der Waals surface area contributed by atoms with E-state index in [-0.39, 0.29) is 41.6 Å². The third-order valence-electron chi connectivity index (χ3n) is 7.46. The Bertz CT molecular complexity index is 933. The first-order valence-corrected chi connectivity index (χ1v) is 12.9. The van der Waals surface area contributed by atoms with Gasteiger partial charge in [0.25, 0.3) is 5.91 Å². The molecule has 8 nitrogen and oxygen atoms in total. The number of Topliss-reactive ketones (excluding diaryl/α,β-unsaturated/α-hetero) is 1. The van der Waals surface area contributed by atoms with Gasteiger partial charge in [0.1, 0.15) is 18.7 Å². The smallest absolute Gasteiger partial charge is 0.251 e. The lowest BCUT2D eigenvalue weighted by molar-refractivity contribution is -0.138. The molecule has 1 unspecified atom stereocenters. The highest BCUT2D eigenvalue weighted by molar-refractivity contribution is 5.99. The van der Waals surface area contributed by atoms with E-state index in [1.54, 1.807) is 4.90 Å². The molecule has 2 amide bonds. The summed E-state index contributed by atoms with van der Waals surface area (Å²) in [7, 11) is 0. The van der Waals surface area contributed by atoms with E-state index in [1.807, 2.05) is 52.0 Å². The Kier molecular flexibility index (Phi) is 7.52. The molecule has 3 aliphatic heterocycles. The van der Waals surface area contributed by atoms with E-state index in [2.05, 4.69) is 22.0 Å². The van der Waals surface area contributed by atoms with Crippen LogP contribution in [0.15, 0.2) is 24.3 Å². The van der Waals surface area contributed by atoms with Crippen molar-refractivity contribution in [3.8, 4) is 0 Å². The fourth-order valence-corrected chi connectivity index (χ4v) is 5.52. The van der Waals surface area contributed by atoms with Gasteiger partial charge in [-0.1, -0.05) is 34.6 Å². The number of nitrogens with one attached hydrogen (secondary N) is 1. The van der Waals surface area contributed by atoms with E-state index in [1.165, 1.54) is 0 Å². The first kappa shape index (κ1) is 25.6. The van der Waals surface area contributed by atoms with Crippen LogP contribution in [0.25, 0.3) is 0 Å². The lowest BCUT2D eigenvalue weighted by Gasteiger charge is -2.35. The normalized spacial score (nSPS) is 26.1. The topological polar surface area (TPSA) is 82.2 Å². The van der Waals surface area contributed by atoms with Crippen LogP contribution in [0.2, 0.25) is 0 Å². The van der Waals surface area contributed by atoms with E-state index in [0.29, 0.717) is 18.5 Å². The molecule has 0 radical (unpaired) electrons. The Balaban J connectivity index is 1.45. The van der Waals surface area contributed by atoms with Crippen LogP contribution in [-0.2, 0) is 14.3 Å². The van der Waals surface area contributed by atoms with Crippen molar-refractivity contribution in [3.05, 3.63) is 29.8 Å². The maximum absolute atomic E-state index is 13.6. The van der Waals surface area contributed by atoms with Gasteiger partial charge in [-0.15, -0.1) is 0 Å². The van der Waals surface area contributed by atoms with Crippen molar-refractivity contribution < 1.29 is 19.1 Å². The van der Waals surface area contributed by atoms with Gasteiger partial charge in [0.15, 0.2) is 5.78 Å². The minimum atomic E-state index is -0.705. The number of hydrogen-bond donors (Lipinski definition) is 1. The van der Waals surface area contributed by atoms with Gasteiger partial charge in [-0.3, -0.25) is 14.4 Å². The SMILES string of the molecule is CCN1CCN(c2ccc(C(=O)NC(CC(C)(C)C)C(=O)N3C[C@@H](C)[C@H]4OCC(=O)[C@H]43)cc2)CC1. The van der Waals surface area contributed by atoms with E-state index in [0.717, 1.165) is 38.4 Å². The molecule has 4 atom stereocenters. The molecule has 3 aliphatic rings. The van der Waals surface area contributed by atoms with Gasteiger partial charge in [0.2, 0.25) is 5.91 Å². The highest BCUT2D eigenvalue weighted by Crippen LogP contribution is 2.33. The Morgan fingerprint density at radius 2 is 1.77 bits per heavy atom. The quantitative estimate of drug-likeness (QED) is 0.667. The molecule has 8 heteroatoms. The number of ketones is 1. The average Bonchev–Trinajstić information content (AvgIpc) is 3.37. The second-order valence-corrected chi connectivity index (χ2v) is 11.4. The standard InChI is InChI=1S/C27H40N4O4/c1-6-29-11-13-30(14-12-29)20-9-7-19(8-10-20)25(33)28-21(15-27(3,4)5)26(34)31-16-18(2)24-23(31)22(32)17-35-24/h7-10,18,21,23-24H,6,11-17H2,1-5H3,(H,28,33)/t18-,21?,23-,24-/m1/s1. The summed E-state index contributed by atoms with van der Waals surface area (Å²) < 4.78 is 5.65. The number of amides is 2. The molecule has 3 heterocycles. The van der Waals surface area contributed by atoms with Gasteiger partial charge in [0.05, 0.1) is 6.10 Å². The van der Waals surface area contributed by atoms with E-state index in [9.17, 15) is 14.4 Å². The van der Waals surface area contributed by atoms with Crippen LogP contribution in [0.4, 0.5) is 5.69 Å². The molecule has 35 heavy (non-hydrogen) atoms. The molecule has 192 valence electrons. The summed E-state index contributed by atoms with van der Waals surface area (Å²) in [6.07, 6.45) is 0.235. The van der Waals surface area contributed by atoms with Crippen molar-refractivity contribution in [2.75, 3.05) is 50.8 Å².